The number of halogens is 2. The zero-order valence-corrected chi connectivity index (χ0v) is 16.2. The second kappa shape index (κ2) is 7.55. The molecule has 0 aromatic carbocycles. The van der Waals surface area contributed by atoms with Gasteiger partial charge in [0.1, 0.15) is 0 Å². The quantitative estimate of drug-likeness (QED) is 0.763. The van der Waals surface area contributed by atoms with Gasteiger partial charge in [0.15, 0.2) is 0 Å². The Kier molecular flexibility index (Phi) is 6.25. The Morgan fingerprint density at radius 3 is 2.67 bits per heavy atom. The first-order valence-corrected chi connectivity index (χ1v) is 9.42. The van der Waals surface area contributed by atoms with Crippen LogP contribution in [0.15, 0.2) is 14.3 Å². The highest BCUT2D eigenvalue weighted by molar-refractivity contribution is 9.13. The van der Waals surface area contributed by atoms with Crippen LogP contribution in [0.4, 0.5) is 0 Å². The third kappa shape index (κ3) is 4.28. The molecule has 21 heavy (non-hydrogen) atoms. The van der Waals surface area contributed by atoms with Crippen molar-refractivity contribution >= 4 is 49.1 Å². The van der Waals surface area contributed by atoms with Crippen LogP contribution in [0.1, 0.15) is 29.9 Å². The van der Waals surface area contributed by atoms with Crippen LogP contribution in [0.3, 0.4) is 0 Å². The lowest BCUT2D eigenvalue weighted by Crippen LogP contribution is -2.56. The summed E-state index contributed by atoms with van der Waals surface area (Å²) in [5.74, 6) is -0.0145. The standard InChI is InChI=1S/C14H20Br2N2O2S/c1-3-14(2,18-4-6-20-7-5-18)9-17-13(19)11-8-10(15)12(16)21-11/h8H,3-7,9H2,1-2H3,(H,17,19)/t14-/m1/s1. The van der Waals surface area contributed by atoms with Gasteiger partial charge in [-0.3, -0.25) is 9.69 Å². The minimum Gasteiger partial charge on any atom is -0.379 e. The van der Waals surface area contributed by atoms with Gasteiger partial charge in [0.05, 0.1) is 21.9 Å². The lowest BCUT2D eigenvalue weighted by molar-refractivity contribution is -0.0169. The van der Waals surface area contributed by atoms with Crippen molar-refractivity contribution in [3.05, 3.63) is 19.2 Å². The summed E-state index contributed by atoms with van der Waals surface area (Å²) < 4.78 is 7.28. The molecule has 2 heterocycles. The zero-order valence-electron chi connectivity index (χ0n) is 12.2. The molecular weight excluding hydrogens is 420 g/mol. The highest BCUT2D eigenvalue weighted by Gasteiger charge is 2.31. The summed E-state index contributed by atoms with van der Waals surface area (Å²) in [4.78, 5) is 15.4. The number of hydrogen-bond donors (Lipinski definition) is 1. The van der Waals surface area contributed by atoms with E-state index in [-0.39, 0.29) is 11.4 Å². The molecule has 0 spiro atoms. The minimum atomic E-state index is -0.0227. The van der Waals surface area contributed by atoms with Crippen LogP contribution < -0.4 is 5.32 Å². The van der Waals surface area contributed by atoms with Gasteiger partial charge in [0.2, 0.25) is 0 Å². The van der Waals surface area contributed by atoms with Crippen molar-refractivity contribution in [1.29, 1.82) is 0 Å². The fraction of sp³-hybridized carbons (Fsp3) is 0.643. The number of rotatable bonds is 5. The van der Waals surface area contributed by atoms with E-state index >= 15 is 0 Å². The molecule has 1 atom stereocenters. The van der Waals surface area contributed by atoms with E-state index in [4.69, 9.17) is 4.74 Å². The summed E-state index contributed by atoms with van der Waals surface area (Å²) in [7, 11) is 0. The molecule has 4 nitrogen and oxygen atoms in total. The lowest BCUT2D eigenvalue weighted by atomic mass is 9.95. The monoisotopic (exact) mass is 438 g/mol. The zero-order chi connectivity index (χ0) is 15.5. The van der Waals surface area contributed by atoms with E-state index in [9.17, 15) is 4.79 Å². The summed E-state index contributed by atoms with van der Waals surface area (Å²) in [6.07, 6.45) is 0.991. The first-order chi connectivity index (χ1) is 9.96. The van der Waals surface area contributed by atoms with Gasteiger partial charge in [-0.25, -0.2) is 0 Å². The second-order valence-electron chi connectivity index (χ2n) is 5.36. The largest absolute Gasteiger partial charge is 0.379 e. The number of morpholine rings is 1. The number of ether oxygens (including phenoxy) is 1. The molecule has 1 fully saturated rings. The topological polar surface area (TPSA) is 41.6 Å². The van der Waals surface area contributed by atoms with Gasteiger partial charge in [0.25, 0.3) is 5.91 Å². The van der Waals surface area contributed by atoms with Gasteiger partial charge in [-0.05, 0) is 51.3 Å². The third-order valence-electron chi connectivity index (χ3n) is 4.03. The van der Waals surface area contributed by atoms with E-state index in [1.165, 1.54) is 11.3 Å². The molecule has 0 bridgehead atoms. The number of carbonyl (C=O) groups is 1. The molecule has 118 valence electrons. The Bertz CT molecular complexity index is 484. The molecular formula is C14H20Br2N2O2S. The second-order valence-corrected chi connectivity index (χ2v) is 8.59. The molecule has 1 N–H and O–H groups in total. The average Bonchev–Trinajstić information content (AvgIpc) is 2.85. The predicted octanol–water partition coefficient (Wildman–Crippen LogP) is 3.50. The van der Waals surface area contributed by atoms with E-state index in [0.717, 1.165) is 41.0 Å². The third-order valence-corrected chi connectivity index (χ3v) is 7.29. The van der Waals surface area contributed by atoms with E-state index in [0.29, 0.717) is 11.4 Å². The number of thiophene rings is 1. The van der Waals surface area contributed by atoms with E-state index < -0.39 is 0 Å². The molecule has 0 radical (unpaired) electrons. The molecule has 0 unspecified atom stereocenters. The molecule has 0 saturated carbocycles. The summed E-state index contributed by atoms with van der Waals surface area (Å²) in [6.45, 7) is 8.42. The highest BCUT2D eigenvalue weighted by Crippen LogP contribution is 2.32. The Hall–Kier alpha value is 0.0500. The van der Waals surface area contributed by atoms with Crippen LogP contribution in [0.5, 0.6) is 0 Å². The molecule has 1 aromatic rings. The van der Waals surface area contributed by atoms with Gasteiger partial charge in [-0.2, -0.15) is 0 Å². The molecule has 2 rings (SSSR count). The van der Waals surface area contributed by atoms with E-state index in [1.54, 1.807) is 0 Å². The number of nitrogens with one attached hydrogen (secondary N) is 1. The Balaban J connectivity index is 1.97. The highest BCUT2D eigenvalue weighted by atomic mass is 79.9. The number of nitrogens with zero attached hydrogens (tertiary/aromatic N) is 1. The SMILES string of the molecule is CC[C@](C)(CNC(=O)c1cc(Br)c(Br)s1)N1CCOCC1. The molecule has 1 aliphatic heterocycles. The summed E-state index contributed by atoms with van der Waals surface area (Å²) in [6, 6.07) is 1.85. The van der Waals surface area contributed by atoms with Crippen molar-refractivity contribution in [3.63, 3.8) is 0 Å². The Labute approximate surface area is 146 Å². The van der Waals surface area contributed by atoms with Gasteiger partial charge in [0, 0.05) is 29.6 Å². The normalized spacial score (nSPS) is 19.2. The van der Waals surface area contributed by atoms with Gasteiger partial charge in [-0.1, -0.05) is 6.92 Å². The molecule has 1 aliphatic rings. The van der Waals surface area contributed by atoms with Crippen molar-refractivity contribution in [2.24, 2.45) is 0 Å². The maximum Gasteiger partial charge on any atom is 0.261 e. The Morgan fingerprint density at radius 2 is 2.14 bits per heavy atom. The van der Waals surface area contributed by atoms with Crippen molar-refractivity contribution < 1.29 is 9.53 Å². The average molecular weight is 440 g/mol. The predicted molar refractivity (Wildman–Crippen MR) is 93.1 cm³/mol. The number of amides is 1. The molecule has 1 amide bonds. The molecule has 0 aliphatic carbocycles. The van der Waals surface area contributed by atoms with Gasteiger partial charge < -0.3 is 10.1 Å². The van der Waals surface area contributed by atoms with Crippen molar-refractivity contribution in [1.82, 2.24) is 10.2 Å². The summed E-state index contributed by atoms with van der Waals surface area (Å²) in [5.41, 5.74) is -0.0227. The fourth-order valence-corrected chi connectivity index (χ4v) is 4.33. The van der Waals surface area contributed by atoms with Crippen molar-refractivity contribution in [2.75, 3.05) is 32.8 Å². The smallest absolute Gasteiger partial charge is 0.261 e. The lowest BCUT2D eigenvalue weighted by Gasteiger charge is -2.43. The van der Waals surface area contributed by atoms with Crippen LogP contribution in [0.25, 0.3) is 0 Å². The van der Waals surface area contributed by atoms with Crippen LogP contribution in [0, 0.1) is 0 Å². The molecule has 1 saturated heterocycles. The fourth-order valence-electron chi connectivity index (χ4n) is 2.38. The molecule has 7 heteroatoms. The first-order valence-electron chi connectivity index (χ1n) is 7.02. The minimum absolute atomic E-state index is 0.0145. The summed E-state index contributed by atoms with van der Waals surface area (Å²) in [5, 5.41) is 3.08. The van der Waals surface area contributed by atoms with Crippen molar-refractivity contribution in [3.8, 4) is 0 Å². The van der Waals surface area contributed by atoms with Crippen LogP contribution in [-0.4, -0.2) is 49.2 Å². The summed E-state index contributed by atoms with van der Waals surface area (Å²) >= 11 is 8.27. The first kappa shape index (κ1) is 17.4. The van der Waals surface area contributed by atoms with E-state index in [1.807, 2.05) is 6.07 Å². The van der Waals surface area contributed by atoms with Gasteiger partial charge in [-0.15, -0.1) is 11.3 Å². The molecule has 1 aromatic heterocycles. The van der Waals surface area contributed by atoms with Crippen LogP contribution in [-0.2, 0) is 4.74 Å². The maximum absolute atomic E-state index is 12.3. The number of hydrogen-bond acceptors (Lipinski definition) is 4. The number of carbonyl (C=O) groups excluding carboxylic acids is 1. The van der Waals surface area contributed by atoms with E-state index in [2.05, 4.69) is 55.9 Å². The maximum atomic E-state index is 12.3. The Morgan fingerprint density at radius 1 is 1.48 bits per heavy atom. The van der Waals surface area contributed by atoms with Gasteiger partial charge >= 0.3 is 0 Å². The van der Waals surface area contributed by atoms with Crippen LogP contribution in [0.2, 0.25) is 0 Å². The van der Waals surface area contributed by atoms with Crippen LogP contribution >= 0.6 is 43.2 Å². The van der Waals surface area contributed by atoms with Crippen molar-refractivity contribution in [2.45, 2.75) is 25.8 Å².